The second-order valence-electron chi connectivity index (χ2n) is 19.6. The molecular formula is C66H108O8Sn. The van der Waals surface area contributed by atoms with Crippen LogP contribution in [0, 0.1) is 13.8 Å². The van der Waals surface area contributed by atoms with Crippen LogP contribution in [0.1, 0.15) is 313 Å². The smallest absolute Gasteiger partial charge is 0.545 e. The summed E-state index contributed by atoms with van der Waals surface area (Å²) < 4.78 is 10.4. The second kappa shape index (κ2) is 61.5. The van der Waals surface area contributed by atoms with Gasteiger partial charge in [0.05, 0.1) is 36.3 Å². The van der Waals surface area contributed by atoms with E-state index in [1.54, 1.807) is 24.3 Å². The van der Waals surface area contributed by atoms with Gasteiger partial charge in [0.1, 0.15) is 0 Å². The van der Waals surface area contributed by atoms with Crippen LogP contribution >= 0.6 is 0 Å². The maximum absolute atomic E-state index is 12.0. The summed E-state index contributed by atoms with van der Waals surface area (Å²) in [4.78, 5) is 46.0. The van der Waals surface area contributed by atoms with E-state index < -0.39 is 23.9 Å². The third-order valence-corrected chi connectivity index (χ3v) is 12.7. The van der Waals surface area contributed by atoms with E-state index in [4.69, 9.17) is 9.47 Å². The zero-order chi connectivity index (χ0) is 54.8. The minimum Gasteiger partial charge on any atom is -0.545 e. The van der Waals surface area contributed by atoms with Gasteiger partial charge in [-0.15, -0.1) is 0 Å². The summed E-state index contributed by atoms with van der Waals surface area (Å²) in [6.45, 7) is 17.2. The van der Waals surface area contributed by atoms with Crippen LogP contribution in [0.4, 0.5) is 0 Å². The van der Waals surface area contributed by atoms with Gasteiger partial charge in [0, 0.05) is 11.1 Å². The molecule has 0 saturated heterocycles. The number of carbonyl (C=O) groups excluding carboxylic acids is 4. The number of unbranched alkanes of at least 4 members (excludes halogenated alkanes) is 32. The van der Waals surface area contributed by atoms with Crippen LogP contribution in [0.15, 0.2) is 72.8 Å². The van der Waals surface area contributed by atoms with Gasteiger partial charge >= 0.3 is 35.8 Å². The van der Waals surface area contributed by atoms with Crippen LogP contribution in [0.5, 0.6) is 0 Å². The van der Waals surface area contributed by atoms with Gasteiger partial charge in [0.2, 0.25) is 0 Å². The van der Waals surface area contributed by atoms with Gasteiger partial charge in [-0.1, -0.05) is 282 Å². The van der Waals surface area contributed by atoms with Crippen LogP contribution in [-0.4, -0.2) is 61.0 Å². The fraction of sp³-hybridized carbons (Fsp3) is 0.667. The van der Waals surface area contributed by atoms with Gasteiger partial charge in [-0.25, -0.2) is 9.59 Å². The van der Waals surface area contributed by atoms with E-state index in [-0.39, 0.29) is 46.2 Å². The summed E-state index contributed by atoms with van der Waals surface area (Å²) in [6.07, 6.45) is 56.8. The molecule has 0 fully saturated rings. The maximum atomic E-state index is 12.0. The average Bonchev–Trinajstić information content (AvgIpc) is 3.41. The Morgan fingerprint density at radius 2 is 0.587 bits per heavy atom. The number of carboxylic acids is 2. The van der Waals surface area contributed by atoms with E-state index >= 15 is 0 Å². The molecule has 0 aromatic heterocycles. The Bertz CT molecular complexity index is 1510. The van der Waals surface area contributed by atoms with Gasteiger partial charge < -0.3 is 29.3 Å². The van der Waals surface area contributed by atoms with Gasteiger partial charge in [-0.3, -0.25) is 0 Å². The topological polar surface area (TPSA) is 133 Å². The number of carbonyl (C=O) groups is 4. The van der Waals surface area contributed by atoms with Gasteiger partial charge in [-0.05, 0) is 76.3 Å². The van der Waals surface area contributed by atoms with E-state index in [0.29, 0.717) is 13.2 Å². The molecule has 424 valence electrons. The molecule has 0 amide bonds. The SMILES string of the molecule is CCCCCCCCC/C=C/CCCCCCOC(=O)c1ccccc1C(=O)[O-].CCCCCCCCC/C=C/CCCCCCOC(=O)c1ccccc1C(=O)[O-].[CH2]CCCCCCC.[CH2]CCCCCCC.[Sn+2]. The van der Waals surface area contributed by atoms with Crippen molar-refractivity contribution in [3.8, 4) is 0 Å². The molecule has 2 aromatic rings. The van der Waals surface area contributed by atoms with Crippen LogP contribution < -0.4 is 10.2 Å². The predicted molar refractivity (Wildman–Crippen MR) is 315 cm³/mol. The van der Waals surface area contributed by atoms with Crippen molar-refractivity contribution >= 4 is 47.8 Å². The summed E-state index contributed by atoms with van der Waals surface area (Å²) in [6, 6.07) is 12.0. The molecule has 0 heterocycles. The summed E-state index contributed by atoms with van der Waals surface area (Å²) in [7, 11) is 0. The molecule has 75 heavy (non-hydrogen) atoms. The monoisotopic (exact) mass is 1150 g/mol. The third-order valence-electron chi connectivity index (χ3n) is 12.7. The molecule has 0 bridgehead atoms. The number of allylic oxidation sites excluding steroid dienone is 4. The van der Waals surface area contributed by atoms with Gasteiger partial charge in [0.25, 0.3) is 0 Å². The molecular weight excluding hydrogens is 1040 g/mol. The van der Waals surface area contributed by atoms with Crippen molar-refractivity contribution in [3.05, 3.63) is 109 Å². The van der Waals surface area contributed by atoms with Crippen molar-refractivity contribution in [1.82, 2.24) is 0 Å². The molecule has 4 radical (unpaired) electrons. The largest absolute Gasteiger partial charge is 2.00 e. The number of benzene rings is 2. The molecule has 2 aromatic carbocycles. The zero-order valence-electron chi connectivity index (χ0n) is 48.4. The normalized spacial score (nSPS) is 10.6. The zero-order valence-corrected chi connectivity index (χ0v) is 51.2. The van der Waals surface area contributed by atoms with Crippen LogP contribution in [0.25, 0.3) is 0 Å². The van der Waals surface area contributed by atoms with E-state index in [0.717, 1.165) is 77.0 Å². The van der Waals surface area contributed by atoms with Crippen LogP contribution in [0.3, 0.4) is 0 Å². The molecule has 9 heteroatoms. The van der Waals surface area contributed by atoms with Crippen molar-refractivity contribution < 1.29 is 38.9 Å². The van der Waals surface area contributed by atoms with Gasteiger partial charge in [-0.2, -0.15) is 0 Å². The van der Waals surface area contributed by atoms with Crippen molar-refractivity contribution in [1.29, 1.82) is 0 Å². The number of hydrogen-bond acceptors (Lipinski definition) is 8. The Labute approximate surface area is 477 Å². The number of ether oxygens (including phenoxy) is 2. The van der Waals surface area contributed by atoms with Crippen LogP contribution in [0.2, 0.25) is 0 Å². The molecule has 0 spiro atoms. The Balaban J connectivity index is -0.00000106. The summed E-state index contributed by atoms with van der Waals surface area (Å²) >= 11 is 0. The maximum Gasteiger partial charge on any atom is 2.00 e. The van der Waals surface area contributed by atoms with Crippen molar-refractivity contribution in [2.24, 2.45) is 0 Å². The number of aromatic carboxylic acids is 2. The number of rotatable bonds is 44. The van der Waals surface area contributed by atoms with E-state index in [1.807, 2.05) is 0 Å². The minimum atomic E-state index is -1.36. The molecule has 0 aliphatic carbocycles. The first-order valence-electron chi connectivity index (χ1n) is 30.0. The first kappa shape index (κ1) is 75.8. The summed E-state index contributed by atoms with van der Waals surface area (Å²) in [5, 5.41) is 22.1. The Morgan fingerprint density at radius 3 is 0.840 bits per heavy atom. The van der Waals surface area contributed by atoms with E-state index in [2.05, 4.69) is 65.8 Å². The molecule has 0 N–H and O–H groups in total. The minimum absolute atomic E-state index is 0. The second-order valence-corrected chi connectivity index (χ2v) is 19.6. The Hall–Kier alpha value is -3.40. The molecule has 0 unspecified atom stereocenters. The fourth-order valence-corrected chi connectivity index (χ4v) is 8.07. The molecule has 0 atom stereocenters. The first-order chi connectivity index (χ1) is 36.2. The number of hydrogen-bond donors (Lipinski definition) is 0. The number of carboxylic acid groups (broad SMARTS) is 2. The predicted octanol–water partition coefficient (Wildman–Crippen LogP) is 17.7. The van der Waals surface area contributed by atoms with E-state index in [9.17, 15) is 29.4 Å². The number of esters is 2. The van der Waals surface area contributed by atoms with Crippen LogP contribution in [-0.2, 0) is 9.47 Å². The molecule has 2 rings (SSSR count). The standard InChI is InChI=1S/2C25H38O4.2C8H17.Sn/c2*1-2-3-4-5-6-7-8-9-10-11-12-13-14-15-18-21-29-25(28)23-20-17-16-19-22(23)24(26)27;2*1-3-5-7-8-6-4-2;/h2*10-11,16-17,19-20H,2-9,12-15,18,21H2,1H3,(H,26,27);2*1,3-8H2,2H3;/q;;;;+2/p-2/b2*11-10+;;;. The van der Waals surface area contributed by atoms with Crippen molar-refractivity contribution in [2.75, 3.05) is 13.2 Å². The third kappa shape index (κ3) is 51.1. The fourth-order valence-electron chi connectivity index (χ4n) is 8.07. The molecule has 0 aliphatic rings. The Morgan fingerprint density at radius 1 is 0.360 bits per heavy atom. The van der Waals surface area contributed by atoms with E-state index in [1.165, 1.54) is 191 Å². The summed E-state index contributed by atoms with van der Waals surface area (Å²) in [5.41, 5.74) is -0.140. The average molecular weight is 1150 g/mol. The summed E-state index contributed by atoms with van der Waals surface area (Å²) in [5.74, 6) is -3.92. The first-order valence-corrected chi connectivity index (χ1v) is 30.0. The quantitative estimate of drug-likeness (QED) is 0.0277. The van der Waals surface area contributed by atoms with Crippen molar-refractivity contribution in [3.63, 3.8) is 0 Å². The van der Waals surface area contributed by atoms with Crippen molar-refractivity contribution in [2.45, 2.75) is 272 Å². The Kier molecular flexibility index (Phi) is 62.1. The van der Waals surface area contributed by atoms with Gasteiger partial charge in [0.15, 0.2) is 0 Å². The molecule has 0 aliphatic heterocycles. The molecule has 0 saturated carbocycles. The molecule has 8 nitrogen and oxygen atoms in total.